The fourth-order valence-electron chi connectivity index (χ4n) is 3.92. The van der Waals surface area contributed by atoms with E-state index in [0.717, 1.165) is 32.8 Å². The van der Waals surface area contributed by atoms with Gasteiger partial charge in [0.25, 0.3) is 0 Å². The molecule has 116 valence electrons. The van der Waals surface area contributed by atoms with Crippen molar-refractivity contribution >= 4 is 0 Å². The van der Waals surface area contributed by atoms with Crippen molar-refractivity contribution in [3.05, 3.63) is 30.1 Å². The average Bonchev–Trinajstić information content (AvgIpc) is 2.89. The second kappa shape index (κ2) is 6.86. The zero-order valence-corrected chi connectivity index (χ0v) is 13.2. The summed E-state index contributed by atoms with van der Waals surface area (Å²) in [7, 11) is 0. The highest BCUT2D eigenvalue weighted by atomic mass is 16.5. The van der Waals surface area contributed by atoms with E-state index in [2.05, 4.69) is 40.8 Å². The van der Waals surface area contributed by atoms with Crippen molar-refractivity contribution in [1.82, 2.24) is 14.8 Å². The molecule has 0 saturated carbocycles. The topological polar surface area (TPSA) is 28.6 Å². The molecule has 0 unspecified atom stereocenters. The molecule has 3 rings (SSSR count). The number of ether oxygens (including phenoxy) is 1. The van der Waals surface area contributed by atoms with E-state index in [4.69, 9.17) is 4.74 Å². The van der Waals surface area contributed by atoms with Crippen LogP contribution in [0.25, 0.3) is 0 Å². The summed E-state index contributed by atoms with van der Waals surface area (Å²) in [6.45, 7) is 9.69. The second-order valence-corrected chi connectivity index (χ2v) is 6.08. The lowest BCUT2D eigenvalue weighted by Crippen LogP contribution is -2.47. The number of aromatic nitrogens is 1. The minimum atomic E-state index is 0.377. The first kappa shape index (κ1) is 14.9. The third-order valence-electron chi connectivity index (χ3n) is 4.98. The third-order valence-corrected chi connectivity index (χ3v) is 4.98. The maximum Gasteiger partial charge on any atom is 0.0897 e. The summed E-state index contributed by atoms with van der Waals surface area (Å²) >= 11 is 0. The third kappa shape index (κ3) is 3.12. The van der Waals surface area contributed by atoms with Gasteiger partial charge >= 0.3 is 0 Å². The first-order valence-electron chi connectivity index (χ1n) is 8.33. The first-order chi connectivity index (χ1) is 10.3. The summed E-state index contributed by atoms with van der Waals surface area (Å²) < 4.78 is 6.16. The summed E-state index contributed by atoms with van der Waals surface area (Å²) in [5, 5.41) is 0. The molecule has 1 aromatic heterocycles. The molecule has 2 aliphatic rings. The predicted octanol–water partition coefficient (Wildman–Crippen LogP) is 2.16. The van der Waals surface area contributed by atoms with Crippen LogP contribution < -0.4 is 0 Å². The molecule has 0 radical (unpaired) electrons. The Hall–Kier alpha value is -0.970. The van der Waals surface area contributed by atoms with Crippen molar-refractivity contribution in [2.24, 2.45) is 0 Å². The van der Waals surface area contributed by atoms with Gasteiger partial charge in [-0.15, -0.1) is 0 Å². The maximum atomic E-state index is 6.16. The van der Waals surface area contributed by atoms with Gasteiger partial charge in [0.1, 0.15) is 0 Å². The van der Waals surface area contributed by atoms with E-state index in [1.54, 1.807) is 0 Å². The highest BCUT2D eigenvalue weighted by molar-refractivity contribution is 5.07. The molecule has 3 heterocycles. The highest BCUT2D eigenvalue weighted by Gasteiger charge is 2.45. The van der Waals surface area contributed by atoms with Crippen LogP contribution in [0.4, 0.5) is 0 Å². The molecular formula is C17H27N3O. The molecule has 0 spiro atoms. The summed E-state index contributed by atoms with van der Waals surface area (Å²) in [6, 6.07) is 7.29. The van der Waals surface area contributed by atoms with E-state index in [1.807, 2.05) is 12.3 Å². The van der Waals surface area contributed by atoms with Crippen molar-refractivity contribution in [1.29, 1.82) is 0 Å². The smallest absolute Gasteiger partial charge is 0.0897 e. The quantitative estimate of drug-likeness (QED) is 0.830. The molecule has 4 heteroatoms. The van der Waals surface area contributed by atoms with E-state index < -0.39 is 0 Å². The molecule has 0 aliphatic carbocycles. The Morgan fingerprint density at radius 2 is 2.19 bits per heavy atom. The number of hydrogen-bond donors (Lipinski definition) is 0. The van der Waals surface area contributed by atoms with Gasteiger partial charge < -0.3 is 4.74 Å². The van der Waals surface area contributed by atoms with Crippen LogP contribution in [0, 0.1) is 0 Å². The van der Waals surface area contributed by atoms with Gasteiger partial charge in [-0.25, -0.2) is 0 Å². The number of hydrogen-bond acceptors (Lipinski definition) is 4. The molecule has 0 bridgehead atoms. The number of nitrogens with zero attached hydrogens (tertiary/aromatic N) is 3. The second-order valence-electron chi connectivity index (χ2n) is 6.08. The van der Waals surface area contributed by atoms with Gasteiger partial charge in [-0.3, -0.25) is 14.8 Å². The van der Waals surface area contributed by atoms with Crippen molar-refractivity contribution in [3.8, 4) is 0 Å². The van der Waals surface area contributed by atoms with Crippen LogP contribution in [0.3, 0.4) is 0 Å². The highest BCUT2D eigenvalue weighted by Crippen LogP contribution is 2.32. The van der Waals surface area contributed by atoms with Crippen molar-refractivity contribution < 1.29 is 4.74 Å². The largest absolute Gasteiger partial charge is 0.375 e. The van der Waals surface area contributed by atoms with Crippen LogP contribution in [-0.4, -0.2) is 59.2 Å². The molecule has 0 aromatic carbocycles. The number of likely N-dealkylation sites (N-methyl/N-ethyl adjacent to an activating group) is 1. The predicted molar refractivity (Wildman–Crippen MR) is 84.1 cm³/mol. The minimum absolute atomic E-state index is 0.377. The van der Waals surface area contributed by atoms with Crippen LogP contribution in [0.5, 0.6) is 0 Å². The molecule has 21 heavy (non-hydrogen) atoms. The van der Waals surface area contributed by atoms with E-state index in [-0.39, 0.29) is 0 Å². The number of pyridine rings is 1. The van der Waals surface area contributed by atoms with Crippen LogP contribution in [0.15, 0.2) is 24.4 Å². The van der Waals surface area contributed by atoms with Gasteiger partial charge in [0.2, 0.25) is 0 Å². The van der Waals surface area contributed by atoms with Gasteiger partial charge in [-0.05, 0) is 38.1 Å². The molecule has 2 aliphatic heterocycles. The van der Waals surface area contributed by atoms with Gasteiger partial charge in [0.15, 0.2) is 0 Å². The molecule has 1 aromatic rings. The van der Waals surface area contributed by atoms with Crippen LogP contribution in [-0.2, 0) is 11.3 Å². The monoisotopic (exact) mass is 289 g/mol. The van der Waals surface area contributed by atoms with E-state index in [0.29, 0.717) is 18.2 Å². The Labute approximate surface area is 128 Å². The van der Waals surface area contributed by atoms with Gasteiger partial charge in [0, 0.05) is 31.9 Å². The van der Waals surface area contributed by atoms with Crippen molar-refractivity contribution in [3.63, 3.8) is 0 Å². The summed E-state index contributed by atoms with van der Waals surface area (Å²) in [6.07, 6.45) is 4.71. The Morgan fingerprint density at radius 3 is 2.90 bits per heavy atom. The number of rotatable bonds is 5. The van der Waals surface area contributed by atoms with E-state index >= 15 is 0 Å². The Balaban J connectivity index is 1.75. The van der Waals surface area contributed by atoms with Gasteiger partial charge in [-0.1, -0.05) is 19.9 Å². The summed E-state index contributed by atoms with van der Waals surface area (Å²) in [4.78, 5) is 9.64. The average molecular weight is 289 g/mol. The van der Waals surface area contributed by atoms with Gasteiger partial charge in [0.05, 0.1) is 17.8 Å². The minimum Gasteiger partial charge on any atom is -0.375 e. The molecular weight excluding hydrogens is 262 g/mol. The SMILES string of the molecule is CCN(CC)[C@@H]1CN(Cc2ccccn2)[C@@H]2CCCO[C@H]12. The van der Waals surface area contributed by atoms with Crippen molar-refractivity contribution in [2.45, 2.75) is 51.4 Å². The zero-order valence-electron chi connectivity index (χ0n) is 13.2. The Morgan fingerprint density at radius 1 is 1.33 bits per heavy atom. The van der Waals surface area contributed by atoms with Crippen molar-refractivity contribution in [2.75, 3.05) is 26.2 Å². The standard InChI is InChI=1S/C17H27N3O/c1-3-19(4-2)16-13-20(12-14-8-5-6-10-18-14)15-9-7-11-21-17(15)16/h5-6,8,10,15-17H,3-4,7,9,11-13H2,1-2H3/t15-,16-,17+/m1/s1. The molecule has 2 fully saturated rings. The van der Waals surface area contributed by atoms with E-state index in [1.165, 1.54) is 18.5 Å². The molecule has 0 amide bonds. The summed E-state index contributed by atoms with van der Waals surface area (Å²) in [5.74, 6) is 0. The Bertz CT molecular complexity index is 435. The lowest BCUT2D eigenvalue weighted by Gasteiger charge is -2.35. The van der Waals surface area contributed by atoms with Gasteiger partial charge in [-0.2, -0.15) is 0 Å². The molecule has 2 saturated heterocycles. The normalized spacial score (nSPS) is 29.8. The van der Waals surface area contributed by atoms with Crippen LogP contribution in [0.2, 0.25) is 0 Å². The lowest BCUT2D eigenvalue weighted by atomic mass is 10.00. The van der Waals surface area contributed by atoms with E-state index in [9.17, 15) is 0 Å². The fourth-order valence-corrected chi connectivity index (χ4v) is 3.92. The molecule has 4 nitrogen and oxygen atoms in total. The summed E-state index contributed by atoms with van der Waals surface area (Å²) in [5.41, 5.74) is 1.17. The van der Waals surface area contributed by atoms with Crippen LogP contribution >= 0.6 is 0 Å². The number of fused-ring (bicyclic) bond motifs is 1. The molecule has 3 atom stereocenters. The lowest BCUT2D eigenvalue weighted by molar-refractivity contribution is -0.0398. The molecule has 0 N–H and O–H groups in total. The first-order valence-corrected chi connectivity index (χ1v) is 8.33. The number of likely N-dealkylation sites (tertiary alicyclic amines) is 1. The zero-order chi connectivity index (χ0) is 14.7. The Kier molecular flexibility index (Phi) is 4.88. The fraction of sp³-hybridized carbons (Fsp3) is 0.706. The maximum absolute atomic E-state index is 6.16. The van der Waals surface area contributed by atoms with Crippen LogP contribution in [0.1, 0.15) is 32.4 Å².